The SMILES string of the molecule is C[C@H](O)C(=O)O[C@H](C)C(=O)O[C@H](C)C(=O)OCc1ccccc1. The summed E-state index contributed by atoms with van der Waals surface area (Å²) in [6.45, 7) is 3.91. The van der Waals surface area contributed by atoms with Crippen molar-refractivity contribution in [2.24, 2.45) is 0 Å². The number of benzene rings is 1. The Hall–Kier alpha value is -2.41. The van der Waals surface area contributed by atoms with Crippen LogP contribution in [0, 0.1) is 0 Å². The summed E-state index contributed by atoms with van der Waals surface area (Å²) in [6, 6.07) is 9.05. The van der Waals surface area contributed by atoms with Gasteiger partial charge in [-0.1, -0.05) is 30.3 Å². The zero-order valence-corrected chi connectivity index (χ0v) is 13.2. The first-order valence-corrected chi connectivity index (χ1v) is 7.11. The third-order valence-electron chi connectivity index (χ3n) is 2.81. The Morgan fingerprint density at radius 2 is 1.43 bits per heavy atom. The van der Waals surface area contributed by atoms with Crippen LogP contribution < -0.4 is 0 Å². The molecule has 0 heterocycles. The van der Waals surface area contributed by atoms with Crippen molar-refractivity contribution in [1.29, 1.82) is 0 Å². The molecule has 0 bridgehead atoms. The number of carbonyl (C=O) groups excluding carboxylic acids is 3. The van der Waals surface area contributed by atoms with E-state index in [0.717, 1.165) is 5.56 Å². The van der Waals surface area contributed by atoms with Gasteiger partial charge in [0.05, 0.1) is 0 Å². The van der Waals surface area contributed by atoms with Crippen LogP contribution in [0.1, 0.15) is 26.3 Å². The lowest BCUT2D eigenvalue weighted by Gasteiger charge is -2.17. The second kappa shape index (κ2) is 8.89. The van der Waals surface area contributed by atoms with Crippen molar-refractivity contribution < 1.29 is 33.7 Å². The fourth-order valence-electron chi connectivity index (χ4n) is 1.49. The monoisotopic (exact) mass is 324 g/mol. The van der Waals surface area contributed by atoms with Crippen molar-refractivity contribution in [3.05, 3.63) is 35.9 Å². The van der Waals surface area contributed by atoms with E-state index < -0.39 is 36.2 Å². The van der Waals surface area contributed by atoms with Gasteiger partial charge in [-0.05, 0) is 26.3 Å². The molecule has 126 valence electrons. The van der Waals surface area contributed by atoms with Gasteiger partial charge in [-0.25, -0.2) is 14.4 Å². The molecule has 0 aromatic heterocycles. The van der Waals surface area contributed by atoms with Crippen LogP contribution in [-0.2, 0) is 35.2 Å². The van der Waals surface area contributed by atoms with Crippen LogP contribution in [0.25, 0.3) is 0 Å². The average Bonchev–Trinajstić information content (AvgIpc) is 2.53. The van der Waals surface area contributed by atoms with E-state index in [-0.39, 0.29) is 6.61 Å². The average molecular weight is 324 g/mol. The molecule has 7 heteroatoms. The van der Waals surface area contributed by atoms with Gasteiger partial charge in [0.2, 0.25) is 0 Å². The van der Waals surface area contributed by atoms with Crippen molar-refractivity contribution >= 4 is 17.9 Å². The highest BCUT2D eigenvalue weighted by atomic mass is 16.6. The Balaban J connectivity index is 2.41. The molecule has 1 aromatic rings. The number of aliphatic hydroxyl groups excluding tert-OH is 1. The molecule has 0 aliphatic carbocycles. The van der Waals surface area contributed by atoms with Gasteiger partial charge in [0.15, 0.2) is 12.2 Å². The van der Waals surface area contributed by atoms with Crippen LogP contribution in [-0.4, -0.2) is 41.3 Å². The molecule has 0 amide bonds. The largest absolute Gasteiger partial charge is 0.458 e. The number of carbonyl (C=O) groups is 3. The number of aliphatic hydroxyl groups is 1. The summed E-state index contributed by atoms with van der Waals surface area (Å²) in [5.74, 6) is -2.56. The van der Waals surface area contributed by atoms with Gasteiger partial charge < -0.3 is 19.3 Å². The second-order valence-electron chi connectivity index (χ2n) is 4.93. The Kier molecular flexibility index (Phi) is 7.21. The minimum atomic E-state index is -1.35. The van der Waals surface area contributed by atoms with E-state index in [1.807, 2.05) is 18.2 Å². The molecule has 0 radical (unpaired) electrons. The maximum Gasteiger partial charge on any atom is 0.347 e. The van der Waals surface area contributed by atoms with Gasteiger partial charge in [0.25, 0.3) is 0 Å². The van der Waals surface area contributed by atoms with Crippen LogP contribution >= 0.6 is 0 Å². The molecule has 0 saturated carbocycles. The summed E-state index contributed by atoms with van der Waals surface area (Å²) in [6.07, 6.45) is -3.72. The highest BCUT2D eigenvalue weighted by Gasteiger charge is 2.26. The van der Waals surface area contributed by atoms with Crippen LogP contribution in [0.15, 0.2) is 30.3 Å². The van der Waals surface area contributed by atoms with Gasteiger partial charge in [0.1, 0.15) is 12.7 Å². The number of ether oxygens (including phenoxy) is 3. The third-order valence-corrected chi connectivity index (χ3v) is 2.81. The molecule has 23 heavy (non-hydrogen) atoms. The predicted molar refractivity (Wildman–Crippen MR) is 79.0 cm³/mol. The van der Waals surface area contributed by atoms with E-state index in [4.69, 9.17) is 14.6 Å². The van der Waals surface area contributed by atoms with E-state index in [1.165, 1.54) is 20.8 Å². The minimum absolute atomic E-state index is 0.0636. The Labute approximate surface area is 134 Å². The second-order valence-corrected chi connectivity index (χ2v) is 4.93. The van der Waals surface area contributed by atoms with Crippen molar-refractivity contribution in [3.63, 3.8) is 0 Å². The molecule has 1 rings (SSSR count). The van der Waals surface area contributed by atoms with Gasteiger partial charge in [-0.15, -0.1) is 0 Å². The van der Waals surface area contributed by atoms with Crippen molar-refractivity contribution in [2.45, 2.75) is 45.7 Å². The summed E-state index contributed by atoms with van der Waals surface area (Å²) in [5, 5.41) is 9.00. The molecule has 3 atom stereocenters. The first-order chi connectivity index (χ1) is 10.8. The topological polar surface area (TPSA) is 99.1 Å². The first-order valence-electron chi connectivity index (χ1n) is 7.11. The standard InChI is InChI=1S/C16H20O7/c1-10(17)14(18)22-12(3)16(20)23-11(2)15(19)21-9-13-7-5-4-6-8-13/h4-8,10-12,17H,9H2,1-3H3/t10-,11+,12+/m0/s1. The highest BCUT2D eigenvalue weighted by Crippen LogP contribution is 2.06. The maximum absolute atomic E-state index is 11.8. The molecule has 0 fully saturated rings. The Morgan fingerprint density at radius 3 is 2.00 bits per heavy atom. The van der Waals surface area contributed by atoms with Crippen LogP contribution in [0.3, 0.4) is 0 Å². The quantitative estimate of drug-likeness (QED) is 0.589. The number of esters is 3. The lowest BCUT2D eigenvalue weighted by atomic mass is 10.2. The molecule has 0 spiro atoms. The van der Waals surface area contributed by atoms with E-state index in [2.05, 4.69) is 4.74 Å². The van der Waals surface area contributed by atoms with Crippen LogP contribution in [0.4, 0.5) is 0 Å². The fraction of sp³-hybridized carbons (Fsp3) is 0.438. The fourth-order valence-corrected chi connectivity index (χ4v) is 1.49. The predicted octanol–water partition coefficient (Wildman–Crippen LogP) is 0.974. The summed E-state index contributed by atoms with van der Waals surface area (Å²) in [4.78, 5) is 34.6. The van der Waals surface area contributed by atoms with Crippen molar-refractivity contribution in [2.75, 3.05) is 0 Å². The van der Waals surface area contributed by atoms with Gasteiger partial charge in [-0.3, -0.25) is 0 Å². The molecule has 7 nitrogen and oxygen atoms in total. The van der Waals surface area contributed by atoms with E-state index in [1.54, 1.807) is 12.1 Å². The molecule has 1 aromatic carbocycles. The van der Waals surface area contributed by atoms with E-state index >= 15 is 0 Å². The van der Waals surface area contributed by atoms with Crippen molar-refractivity contribution in [3.8, 4) is 0 Å². The van der Waals surface area contributed by atoms with Gasteiger partial charge in [0, 0.05) is 0 Å². The Morgan fingerprint density at radius 1 is 0.913 bits per heavy atom. The highest BCUT2D eigenvalue weighted by molar-refractivity contribution is 5.83. The minimum Gasteiger partial charge on any atom is -0.458 e. The molecular formula is C16H20O7. The summed E-state index contributed by atoms with van der Waals surface area (Å²) in [5.41, 5.74) is 0.804. The maximum atomic E-state index is 11.8. The summed E-state index contributed by atoms with van der Waals surface area (Å²) >= 11 is 0. The molecule has 0 aliphatic rings. The summed E-state index contributed by atoms with van der Waals surface area (Å²) < 4.78 is 14.6. The Bertz CT molecular complexity index is 539. The summed E-state index contributed by atoms with van der Waals surface area (Å²) in [7, 11) is 0. The third kappa shape index (κ3) is 6.48. The smallest absolute Gasteiger partial charge is 0.347 e. The molecule has 0 saturated heterocycles. The zero-order chi connectivity index (χ0) is 17.4. The van der Waals surface area contributed by atoms with E-state index in [9.17, 15) is 14.4 Å². The lowest BCUT2D eigenvalue weighted by molar-refractivity contribution is -0.179. The van der Waals surface area contributed by atoms with Gasteiger partial charge in [-0.2, -0.15) is 0 Å². The number of hydrogen-bond acceptors (Lipinski definition) is 7. The molecular weight excluding hydrogens is 304 g/mol. The normalized spacial score (nSPS) is 14.3. The van der Waals surface area contributed by atoms with Crippen molar-refractivity contribution in [1.82, 2.24) is 0 Å². The van der Waals surface area contributed by atoms with Crippen LogP contribution in [0.2, 0.25) is 0 Å². The zero-order valence-electron chi connectivity index (χ0n) is 13.2. The number of rotatable bonds is 7. The molecule has 0 unspecified atom stereocenters. The van der Waals surface area contributed by atoms with Crippen LogP contribution in [0.5, 0.6) is 0 Å². The number of hydrogen-bond donors (Lipinski definition) is 1. The molecule has 1 N–H and O–H groups in total. The van der Waals surface area contributed by atoms with Gasteiger partial charge >= 0.3 is 17.9 Å². The van der Waals surface area contributed by atoms with E-state index in [0.29, 0.717) is 0 Å². The lowest BCUT2D eigenvalue weighted by Crippen LogP contribution is -2.35. The molecule has 0 aliphatic heterocycles. The first kappa shape index (κ1) is 18.6.